The van der Waals surface area contributed by atoms with Crippen molar-refractivity contribution in [3.05, 3.63) is 53.1 Å². The summed E-state index contributed by atoms with van der Waals surface area (Å²) in [6, 6.07) is 12.2. The lowest BCUT2D eigenvalue weighted by Crippen LogP contribution is -1.79. The second-order valence-corrected chi connectivity index (χ2v) is 4.77. The highest BCUT2D eigenvalue weighted by molar-refractivity contribution is 9.09. The lowest BCUT2D eigenvalue weighted by molar-refractivity contribution is 1.27. The first kappa shape index (κ1) is 11.7. The van der Waals surface area contributed by atoms with Gasteiger partial charge in [0.2, 0.25) is 0 Å². The number of fused-ring (bicyclic) bond motifs is 1. The lowest BCUT2D eigenvalue weighted by Gasteiger charge is -2.04. The second-order valence-electron chi connectivity index (χ2n) is 3.57. The zero-order valence-electron chi connectivity index (χ0n) is 8.79. The van der Waals surface area contributed by atoms with Crippen molar-refractivity contribution in [1.29, 1.82) is 0 Å². The molecule has 0 heterocycles. The first-order valence-corrected chi connectivity index (χ1v) is 6.72. The Kier molecular flexibility index (Phi) is 4.03. The molecule has 0 amide bonds. The minimum Gasteiger partial charge on any atom is -0.0925 e. The highest BCUT2D eigenvalue weighted by Crippen LogP contribution is 2.27. The number of rotatable bonds is 3. The van der Waals surface area contributed by atoms with Crippen LogP contribution < -0.4 is 0 Å². The second kappa shape index (κ2) is 5.51. The molecular formula is C14H12BrCl. The van der Waals surface area contributed by atoms with Crippen molar-refractivity contribution in [2.24, 2.45) is 0 Å². The molecule has 0 bridgehead atoms. The topological polar surface area (TPSA) is 0 Å². The van der Waals surface area contributed by atoms with Crippen molar-refractivity contribution in [1.82, 2.24) is 0 Å². The van der Waals surface area contributed by atoms with Crippen LogP contribution in [0.25, 0.3) is 16.8 Å². The molecule has 0 N–H and O–H groups in total. The molecule has 0 aromatic heterocycles. The van der Waals surface area contributed by atoms with Crippen LogP contribution in [-0.4, -0.2) is 5.33 Å². The van der Waals surface area contributed by atoms with Gasteiger partial charge in [0.25, 0.3) is 0 Å². The van der Waals surface area contributed by atoms with Crippen molar-refractivity contribution >= 4 is 44.4 Å². The first-order valence-electron chi connectivity index (χ1n) is 5.22. The van der Waals surface area contributed by atoms with Crippen LogP contribution in [0.5, 0.6) is 0 Å². The van der Waals surface area contributed by atoms with Gasteiger partial charge < -0.3 is 0 Å². The van der Waals surface area contributed by atoms with Gasteiger partial charge in [-0.2, -0.15) is 0 Å². The molecule has 0 saturated carbocycles. The van der Waals surface area contributed by atoms with Gasteiger partial charge in [-0.1, -0.05) is 70.0 Å². The summed E-state index contributed by atoms with van der Waals surface area (Å²) in [5.41, 5.74) is 1.18. The van der Waals surface area contributed by atoms with E-state index in [1.807, 2.05) is 12.1 Å². The van der Waals surface area contributed by atoms with E-state index in [0.29, 0.717) is 0 Å². The van der Waals surface area contributed by atoms with E-state index in [1.54, 1.807) is 0 Å². The Bertz CT molecular complexity index is 512. The molecule has 0 atom stereocenters. The van der Waals surface area contributed by atoms with Gasteiger partial charge in [0, 0.05) is 15.7 Å². The number of allylic oxidation sites excluding steroid dienone is 1. The van der Waals surface area contributed by atoms with Crippen LogP contribution in [0.4, 0.5) is 0 Å². The van der Waals surface area contributed by atoms with Crippen molar-refractivity contribution in [2.75, 3.05) is 5.33 Å². The van der Waals surface area contributed by atoms with Crippen molar-refractivity contribution < 1.29 is 0 Å². The summed E-state index contributed by atoms with van der Waals surface area (Å²) in [6.07, 6.45) is 5.32. The van der Waals surface area contributed by atoms with Gasteiger partial charge in [-0.15, -0.1) is 0 Å². The Morgan fingerprint density at radius 1 is 1.12 bits per heavy atom. The monoisotopic (exact) mass is 294 g/mol. The maximum Gasteiger partial charge on any atom is 0.0490 e. The first-order chi connectivity index (χ1) is 7.83. The Morgan fingerprint density at radius 3 is 2.62 bits per heavy atom. The van der Waals surface area contributed by atoms with Crippen LogP contribution in [0.3, 0.4) is 0 Å². The SMILES string of the molecule is Clc1cccc2cccc(C=CCCBr)c12. The van der Waals surface area contributed by atoms with Gasteiger partial charge in [0.15, 0.2) is 0 Å². The van der Waals surface area contributed by atoms with Crippen molar-refractivity contribution in [3.8, 4) is 0 Å². The van der Waals surface area contributed by atoms with Gasteiger partial charge in [-0.05, 0) is 23.4 Å². The van der Waals surface area contributed by atoms with Crippen molar-refractivity contribution in [3.63, 3.8) is 0 Å². The fourth-order valence-corrected chi connectivity index (χ4v) is 2.29. The fourth-order valence-electron chi connectivity index (χ4n) is 1.74. The van der Waals surface area contributed by atoms with Gasteiger partial charge >= 0.3 is 0 Å². The third-order valence-corrected chi connectivity index (χ3v) is 3.23. The summed E-state index contributed by atoms with van der Waals surface area (Å²) < 4.78 is 0. The molecule has 0 spiro atoms. The van der Waals surface area contributed by atoms with Crippen LogP contribution in [0, 0.1) is 0 Å². The summed E-state index contributed by atoms with van der Waals surface area (Å²) in [5, 5.41) is 4.13. The molecule has 0 radical (unpaired) electrons. The molecule has 2 aromatic rings. The van der Waals surface area contributed by atoms with E-state index in [0.717, 1.165) is 22.2 Å². The van der Waals surface area contributed by atoms with Gasteiger partial charge in [0.05, 0.1) is 0 Å². The van der Waals surface area contributed by atoms with E-state index in [9.17, 15) is 0 Å². The summed E-state index contributed by atoms with van der Waals surface area (Å²) >= 11 is 9.64. The van der Waals surface area contributed by atoms with Gasteiger partial charge in [0.1, 0.15) is 0 Å². The highest BCUT2D eigenvalue weighted by Gasteiger charge is 2.01. The molecular weight excluding hydrogens is 284 g/mol. The van der Waals surface area contributed by atoms with E-state index in [4.69, 9.17) is 11.6 Å². The minimum atomic E-state index is 0.816. The van der Waals surface area contributed by atoms with E-state index in [1.165, 1.54) is 10.9 Å². The number of benzene rings is 2. The highest BCUT2D eigenvalue weighted by atomic mass is 79.9. The van der Waals surface area contributed by atoms with E-state index in [2.05, 4.69) is 52.3 Å². The quantitative estimate of drug-likeness (QED) is 0.675. The summed E-state index contributed by atoms with van der Waals surface area (Å²) in [7, 11) is 0. The van der Waals surface area contributed by atoms with Crippen LogP contribution in [0.15, 0.2) is 42.5 Å². The normalized spacial score (nSPS) is 11.4. The molecule has 16 heavy (non-hydrogen) atoms. The number of hydrogen-bond donors (Lipinski definition) is 0. The number of hydrogen-bond acceptors (Lipinski definition) is 0. The summed E-state index contributed by atoms with van der Waals surface area (Å²) in [6.45, 7) is 0. The lowest BCUT2D eigenvalue weighted by atomic mass is 10.0. The third-order valence-electron chi connectivity index (χ3n) is 2.46. The molecule has 0 nitrogen and oxygen atoms in total. The zero-order valence-corrected chi connectivity index (χ0v) is 11.1. The predicted molar refractivity (Wildman–Crippen MR) is 76.4 cm³/mol. The van der Waals surface area contributed by atoms with Crippen LogP contribution in [0.1, 0.15) is 12.0 Å². The Hall–Kier alpha value is -0.790. The average Bonchev–Trinajstić information content (AvgIpc) is 2.30. The van der Waals surface area contributed by atoms with Gasteiger partial charge in [-0.25, -0.2) is 0 Å². The van der Waals surface area contributed by atoms with E-state index >= 15 is 0 Å². The number of halogens is 2. The van der Waals surface area contributed by atoms with E-state index in [-0.39, 0.29) is 0 Å². The summed E-state index contributed by atoms with van der Waals surface area (Å²) in [5.74, 6) is 0. The molecule has 2 heteroatoms. The summed E-state index contributed by atoms with van der Waals surface area (Å²) in [4.78, 5) is 0. The third kappa shape index (κ3) is 2.47. The Balaban J connectivity index is 2.52. The largest absolute Gasteiger partial charge is 0.0925 e. The Labute approximate surface area is 109 Å². The van der Waals surface area contributed by atoms with Crippen LogP contribution in [-0.2, 0) is 0 Å². The maximum absolute atomic E-state index is 6.23. The average molecular weight is 296 g/mol. The minimum absolute atomic E-state index is 0.816. The molecule has 0 fully saturated rings. The molecule has 82 valence electrons. The molecule has 2 aromatic carbocycles. The smallest absolute Gasteiger partial charge is 0.0490 e. The molecule has 0 aliphatic rings. The maximum atomic E-state index is 6.23. The molecule has 0 saturated heterocycles. The molecule has 0 aliphatic heterocycles. The van der Waals surface area contributed by atoms with Crippen molar-refractivity contribution in [2.45, 2.75) is 6.42 Å². The standard InChI is InChI=1S/C14H12BrCl/c15-10-2-1-5-11-6-3-7-12-8-4-9-13(16)14(11)12/h1,3-9H,2,10H2. The molecule has 0 unspecified atom stereocenters. The van der Waals surface area contributed by atoms with E-state index < -0.39 is 0 Å². The van der Waals surface area contributed by atoms with Gasteiger partial charge in [-0.3, -0.25) is 0 Å². The zero-order chi connectivity index (χ0) is 11.4. The molecule has 2 rings (SSSR count). The van der Waals surface area contributed by atoms with Crippen LogP contribution in [0.2, 0.25) is 5.02 Å². The van der Waals surface area contributed by atoms with Crippen LogP contribution >= 0.6 is 27.5 Å². The predicted octanol–water partition coefficient (Wildman–Crippen LogP) is 5.29. The fraction of sp³-hybridized carbons (Fsp3) is 0.143. The number of alkyl halides is 1. The molecule has 0 aliphatic carbocycles. The Morgan fingerprint density at radius 2 is 1.88 bits per heavy atom.